The number of thiophene rings is 1. The van der Waals surface area contributed by atoms with Gasteiger partial charge in [-0.1, -0.05) is 0 Å². The Balaban J connectivity index is 1.28. The van der Waals surface area contributed by atoms with Crippen LogP contribution in [0.5, 0.6) is 0 Å². The third-order valence-electron chi connectivity index (χ3n) is 4.82. The average Bonchev–Trinajstić information content (AvgIpc) is 3.36. The summed E-state index contributed by atoms with van der Waals surface area (Å²) >= 11 is 1.46. The SMILES string of the molecule is O=C(COC(=O)c1cc2c(s1)CCC2)Nc1ccc(N2CCCC2=O)cc1. The van der Waals surface area contributed by atoms with Crippen LogP contribution in [0.2, 0.25) is 0 Å². The third kappa shape index (κ3) is 3.88. The number of nitrogens with zero attached hydrogens (tertiary/aromatic N) is 1. The van der Waals surface area contributed by atoms with Crippen LogP contribution < -0.4 is 10.2 Å². The van der Waals surface area contributed by atoms with Crippen LogP contribution in [0.3, 0.4) is 0 Å². The maximum Gasteiger partial charge on any atom is 0.348 e. The Morgan fingerprint density at radius 3 is 2.63 bits per heavy atom. The Kier molecular flexibility index (Phi) is 4.94. The van der Waals surface area contributed by atoms with E-state index in [0.717, 1.165) is 37.9 Å². The lowest BCUT2D eigenvalue weighted by Crippen LogP contribution is -2.23. The number of carbonyl (C=O) groups is 3. The van der Waals surface area contributed by atoms with E-state index in [-0.39, 0.29) is 12.5 Å². The van der Waals surface area contributed by atoms with Crippen molar-refractivity contribution >= 4 is 40.5 Å². The molecule has 1 fully saturated rings. The zero-order valence-electron chi connectivity index (χ0n) is 14.8. The number of anilines is 2. The van der Waals surface area contributed by atoms with E-state index in [1.807, 2.05) is 6.07 Å². The van der Waals surface area contributed by atoms with Crippen molar-refractivity contribution in [1.82, 2.24) is 0 Å². The zero-order chi connectivity index (χ0) is 18.8. The summed E-state index contributed by atoms with van der Waals surface area (Å²) < 4.78 is 5.12. The smallest absolute Gasteiger partial charge is 0.348 e. The van der Waals surface area contributed by atoms with Crippen LogP contribution in [-0.2, 0) is 27.2 Å². The number of esters is 1. The molecule has 1 aliphatic carbocycles. The Hall–Kier alpha value is -2.67. The summed E-state index contributed by atoms with van der Waals surface area (Å²) in [6, 6.07) is 8.97. The van der Waals surface area contributed by atoms with Crippen molar-refractivity contribution in [3.8, 4) is 0 Å². The molecule has 1 saturated heterocycles. The van der Waals surface area contributed by atoms with E-state index >= 15 is 0 Å². The molecule has 0 radical (unpaired) electrons. The zero-order valence-corrected chi connectivity index (χ0v) is 15.6. The Morgan fingerprint density at radius 2 is 1.93 bits per heavy atom. The van der Waals surface area contributed by atoms with Crippen molar-refractivity contribution in [2.75, 3.05) is 23.4 Å². The van der Waals surface area contributed by atoms with Gasteiger partial charge >= 0.3 is 5.97 Å². The van der Waals surface area contributed by atoms with Gasteiger partial charge in [-0.05, 0) is 61.6 Å². The second-order valence-corrected chi connectivity index (χ2v) is 7.87. The van der Waals surface area contributed by atoms with Gasteiger partial charge in [-0.25, -0.2) is 4.79 Å². The van der Waals surface area contributed by atoms with Gasteiger partial charge in [0, 0.05) is 29.2 Å². The number of hydrogen-bond acceptors (Lipinski definition) is 5. The minimum atomic E-state index is -0.451. The summed E-state index contributed by atoms with van der Waals surface area (Å²) in [4.78, 5) is 39.4. The van der Waals surface area contributed by atoms with Crippen LogP contribution in [-0.4, -0.2) is 30.9 Å². The molecule has 140 valence electrons. The number of fused-ring (bicyclic) bond motifs is 1. The number of rotatable bonds is 5. The number of ether oxygens (including phenoxy) is 1. The fourth-order valence-corrected chi connectivity index (χ4v) is 4.62. The van der Waals surface area contributed by atoms with E-state index in [0.29, 0.717) is 17.0 Å². The molecule has 4 rings (SSSR count). The maximum atomic E-state index is 12.1. The molecule has 0 spiro atoms. The topological polar surface area (TPSA) is 75.7 Å². The van der Waals surface area contributed by atoms with Crippen LogP contribution in [0, 0.1) is 0 Å². The van der Waals surface area contributed by atoms with Crippen LogP contribution in [0.25, 0.3) is 0 Å². The Labute approximate surface area is 161 Å². The molecule has 0 atom stereocenters. The van der Waals surface area contributed by atoms with E-state index in [1.165, 1.54) is 21.8 Å². The van der Waals surface area contributed by atoms with E-state index < -0.39 is 11.9 Å². The highest BCUT2D eigenvalue weighted by Gasteiger charge is 2.22. The van der Waals surface area contributed by atoms with Crippen molar-refractivity contribution in [3.05, 3.63) is 45.6 Å². The second-order valence-electron chi connectivity index (χ2n) is 6.73. The summed E-state index contributed by atoms with van der Waals surface area (Å²) in [5.41, 5.74) is 2.65. The van der Waals surface area contributed by atoms with Crippen molar-refractivity contribution < 1.29 is 19.1 Å². The molecule has 1 aliphatic heterocycles. The van der Waals surface area contributed by atoms with Gasteiger partial charge in [0.25, 0.3) is 5.91 Å². The number of hydrogen-bond donors (Lipinski definition) is 1. The van der Waals surface area contributed by atoms with Crippen molar-refractivity contribution in [2.45, 2.75) is 32.1 Å². The molecule has 0 saturated carbocycles. The largest absolute Gasteiger partial charge is 0.451 e. The molecule has 2 amide bonds. The van der Waals surface area contributed by atoms with E-state index in [2.05, 4.69) is 5.32 Å². The fourth-order valence-electron chi connectivity index (χ4n) is 3.47. The van der Waals surface area contributed by atoms with Crippen LogP contribution in [0.4, 0.5) is 11.4 Å². The summed E-state index contributed by atoms with van der Waals surface area (Å²) in [6.45, 7) is 0.403. The maximum absolute atomic E-state index is 12.1. The van der Waals surface area contributed by atoms with Crippen LogP contribution >= 0.6 is 11.3 Å². The van der Waals surface area contributed by atoms with Gasteiger partial charge in [-0.15, -0.1) is 11.3 Å². The molecule has 1 N–H and O–H groups in total. The van der Waals surface area contributed by atoms with Gasteiger partial charge < -0.3 is 15.0 Å². The van der Waals surface area contributed by atoms with Gasteiger partial charge in [-0.3, -0.25) is 9.59 Å². The molecule has 2 heterocycles. The predicted molar refractivity (Wildman–Crippen MR) is 103 cm³/mol. The fraction of sp³-hybridized carbons (Fsp3) is 0.350. The van der Waals surface area contributed by atoms with Crippen molar-refractivity contribution in [3.63, 3.8) is 0 Å². The molecule has 27 heavy (non-hydrogen) atoms. The Morgan fingerprint density at radius 1 is 1.11 bits per heavy atom. The number of nitrogens with one attached hydrogen (secondary N) is 1. The van der Waals surface area contributed by atoms with Gasteiger partial charge in [0.2, 0.25) is 5.91 Å². The summed E-state index contributed by atoms with van der Waals surface area (Å²) in [5, 5.41) is 2.70. The highest BCUT2D eigenvalue weighted by Crippen LogP contribution is 2.31. The molecule has 7 heteroatoms. The first-order valence-corrected chi connectivity index (χ1v) is 9.91. The van der Waals surface area contributed by atoms with Gasteiger partial charge in [0.05, 0.1) is 0 Å². The number of amides is 2. The molecule has 6 nitrogen and oxygen atoms in total. The predicted octanol–water partition coefficient (Wildman–Crippen LogP) is 3.16. The molecule has 2 aromatic rings. The molecule has 2 aliphatic rings. The van der Waals surface area contributed by atoms with Crippen LogP contribution in [0.1, 0.15) is 39.4 Å². The quantitative estimate of drug-likeness (QED) is 0.804. The molecule has 1 aromatic carbocycles. The minimum absolute atomic E-state index is 0.123. The normalized spacial score (nSPS) is 15.7. The lowest BCUT2D eigenvalue weighted by Gasteiger charge is -2.16. The van der Waals surface area contributed by atoms with Crippen molar-refractivity contribution in [2.24, 2.45) is 0 Å². The average molecular weight is 384 g/mol. The molecular formula is C20H20N2O4S. The highest BCUT2D eigenvalue weighted by atomic mass is 32.1. The summed E-state index contributed by atoms with van der Waals surface area (Å²) in [6.07, 6.45) is 4.63. The first-order valence-electron chi connectivity index (χ1n) is 9.09. The molecule has 1 aromatic heterocycles. The monoisotopic (exact) mass is 384 g/mol. The first kappa shape index (κ1) is 17.7. The number of carbonyl (C=O) groups excluding carboxylic acids is 3. The third-order valence-corrected chi connectivity index (χ3v) is 6.04. The molecule has 0 bridgehead atoms. The number of aryl methyl sites for hydroxylation is 2. The molecule has 0 unspecified atom stereocenters. The lowest BCUT2D eigenvalue weighted by atomic mass is 10.2. The highest BCUT2D eigenvalue weighted by molar-refractivity contribution is 7.14. The van der Waals surface area contributed by atoms with Gasteiger partial charge in [0.15, 0.2) is 6.61 Å². The summed E-state index contributed by atoms with van der Waals surface area (Å²) in [7, 11) is 0. The van der Waals surface area contributed by atoms with E-state index in [4.69, 9.17) is 4.74 Å². The van der Waals surface area contributed by atoms with Gasteiger partial charge in [0.1, 0.15) is 4.88 Å². The minimum Gasteiger partial charge on any atom is -0.451 e. The Bertz CT molecular complexity index is 866. The van der Waals surface area contributed by atoms with Gasteiger partial charge in [-0.2, -0.15) is 0 Å². The molecular weight excluding hydrogens is 364 g/mol. The van der Waals surface area contributed by atoms with E-state index in [1.54, 1.807) is 29.2 Å². The first-order chi connectivity index (χ1) is 13.1. The second kappa shape index (κ2) is 7.52. The van der Waals surface area contributed by atoms with Crippen molar-refractivity contribution in [1.29, 1.82) is 0 Å². The standard InChI is InChI=1S/C20H20N2O4S/c23-18(12-26-20(25)17-11-13-3-1-4-16(13)27-17)21-14-6-8-15(9-7-14)22-10-2-5-19(22)24/h6-9,11H,1-5,10,12H2,(H,21,23). The van der Waals surface area contributed by atoms with E-state index in [9.17, 15) is 14.4 Å². The number of benzene rings is 1. The van der Waals surface area contributed by atoms with Crippen LogP contribution in [0.15, 0.2) is 30.3 Å². The lowest BCUT2D eigenvalue weighted by molar-refractivity contribution is -0.119. The summed E-state index contributed by atoms with van der Waals surface area (Å²) in [5.74, 6) is -0.719.